The summed E-state index contributed by atoms with van der Waals surface area (Å²) in [5.74, 6) is -2.10. The van der Waals surface area contributed by atoms with Crippen molar-refractivity contribution in [3.8, 4) is 0 Å². The van der Waals surface area contributed by atoms with Gasteiger partial charge in [0, 0.05) is 0 Å². The van der Waals surface area contributed by atoms with Crippen molar-refractivity contribution in [2.24, 2.45) is 23.1 Å². The fraction of sp³-hybridized carbons (Fsp3) is 0.826. The molecule has 0 rings (SSSR count). The molecule has 3 amide bonds. The number of carbonyl (C=O) groups is 4. The highest BCUT2D eigenvalue weighted by atomic mass is 32.2. The summed E-state index contributed by atoms with van der Waals surface area (Å²) in [6, 6.07) is -3.65. The number of thioether (sulfide) groups is 1. The highest BCUT2D eigenvalue weighted by Crippen LogP contribution is 2.09. The van der Waals surface area contributed by atoms with Gasteiger partial charge in [0.25, 0.3) is 0 Å². The van der Waals surface area contributed by atoms with E-state index in [1.807, 2.05) is 20.1 Å². The van der Waals surface area contributed by atoms with Crippen LogP contribution in [0.3, 0.4) is 0 Å². The van der Waals surface area contributed by atoms with Gasteiger partial charge in [-0.05, 0) is 76.0 Å². The van der Waals surface area contributed by atoms with Gasteiger partial charge in [0.2, 0.25) is 17.7 Å². The minimum absolute atomic E-state index is 0.0544. The van der Waals surface area contributed by atoms with Crippen molar-refractivity contribution in [2.75, 3.05) is 25.1 Å². The molecule has 10 N–H and O–H groups in total. The minimum atomic E-state index is -1.15. The molecular weight excluding hydrogens is 472 g/mol. The second-order valence-corrected chi connectivity index (χ2v) is 9.77. The molecule has 0 aliphatic carbocycles. The van der Waals surface area contributed by atoms with E-state index in [4.69, 9.17) is 17.2 Å². The monoisotopic (exact) mass is 518 g/mol. The molecular formula is C23H46N6O5S. The third-order valence-electron chi connectivity index (χ3n) is 5.94. The molecule has 0 spiro atoms. The summed E-state index contributed by atoms with van der Waals surface area (Å²) >= 11 is 1.53. The Kier molecular flexibility index (Phi) is 18.3. The number of hydrogen-bond acceptors (Lipinski definition) is 8. The van der Waals surface area contributed by atoms with E-state index in [-0.39, 0.29) is 12.3 Å². The van der Waals surface area contributed by atoms with Crippen molar-refractivity contribution >= 4 is 35.5 Å². The normalized spacial score (nSPS) is 15.4. The van der Waals surface area contributed by atoms with Gasteiger partial charge in [0.1, 0.15) is 18.1 Å². The number of carbonyl (C=O) groups excluding carboxylic acids is 3. The van der Waals surface area contributed by atoms with Crippen molar-refractivity contribution < 1.29 is 24.3 Å². The molecule has 0 saturated carbocycles. The first-order chi connectivity index (χ1) is 16.6. The summed E-state index contributed by atoms with van der Waals surface area (Å²) < 4.78 is 0. The van der Waals surface area contributed by atoms with E-state index >= 15 is 0 Å². The first kappa shape index (κ1) is 33.1. The smallest absolute Gasteiger partial charge is 0.326 e. The lowest BCUT2D eigenvalue weighted by molar-refractivity contribution is -0.142. The molecule has 12 heteroatoms. The second-order valence-electron chi connectivity index (χ2n) is 8.78. The molecule has 0 bridgehead atoms. The van der Waals surface area contributed by atoms with E-state index in [2.05, 4.69) is 16.0 Å². The van der Waals surface area contributed by atoms with E-state index < -0.39 is 47.9 Å². The van der Waals surface area contributed by atoms with Crippen LogP contribution in [0.4, 0.5) is 0 Å². The maximum Gasteiger partial charge on any atom is 0.326 e. The SMILES string of the molecule is CCC(C)C(N)C(=O)NC(CCSC)C(=O)NC(CCCCN)C(=O)NC(CCCCN)C(=O)O. The van der Waals surface area contributed by atoms with Crippen LogP contribution >= 0.6 is 11.8 Å². The van der Waals surface area contributed by atoms with Gasteiger partial charge in [-0.25, -0.2) is 4.79 Å². The maximum atomic E-state index is 13.1. The largest absolute Gasteiger partial charge is 0.480 e. The lowest BCUT2D eigenvalue weighted by atomic mass is 9.99. The number of carboxylic acid groups (broad SMARTS) is 1. The van der Waals surface area contributed by atoms with Gasteiger partial charge in [-0.3, -0.25) is 14.4 Å². The van der Waals surface area contributed by atoms with E-state index in [9.17, 15) is 24.3 Å². The highest BCUT2D eigenvalue weighted by Gasteiger charge is 2.30. The Balaban J connectivity index is 5.46. The topological polar surface area (TPSA) is 203 Å². The first-order valence-corrected chi connectivity index (χ1v) is 13.8. The molecule has 5 unspecified atom stereocenters. The van der Waals surface area contributed by atoms with Crippen LogP contribution in [0.5, 0.6) is 0 Å². The second kappa shape index (κ2) is 19.3. The Bertz CT molecular complexity index is 654. The van der Waals surface area contributed by atoms with E-state index in [1.165, 1.54) is 11.8 Å². The average molecular weight is 519 g/mol. The lowest BCUT2D eigenvalue weighted by Crippen LogP contribution is -2.57. The predicted octanol–water partition coefficient (Wildman–Crippen LogP) is -0.0901. The molecule has 35 heavy (non-hydrogen) atoms. The Morgan fingerprint density at radius 3 is 1.71 bits per heavy atom. The Hall–Kier alpha value is -1.89. The number of carboxylic acids is 1. The first-order valence-electron chi connectivity index (χ1n) is 12.4. The van der Waals surface area contributed by atoms with Gasteiger partial charge in [0.05, 0.1) is 6.04 Å². The van der Waals surface area contributed by atoms with Crippen molar-refractivity contribution in [3.63, 3.8) is 0 Å². The van der Waals surface area contributed by atoms with E-state index in [0.29, 0.717) is 57.4 Å². The van der Waals surface area contributed by atoms with Crippen LogP contribution in [0.15, 0.2) is 0 Å². The Labute approximate surface area is 213 Å². The zero-order valence-electron chi connectivity index (χ0n) is 21.4. The molecule has 0 aromatic rings. The highest BCUT2D eigenvalue weighted by molar-refractivity contribution is 7.98. The molecule has 204 valence electrons. The van der Waals surface area contributed by atoms with Crippen LogP contribution in [0.25, 0.3) is 0 Å². The minimum Gasteiger partial charge on any atom is -0.480 e. The molecule has 0 heterocycles. The molecule has 0 aromatic carbocycles. The number of nitrogens with one attached hydrogen (secondary N) is 3. The molecule has 0 fully saturated rings. The summed E-state index contributed by atoms with van der Waals surface area (Å²) in [5, 5.41) is 17.5. The van der Waals surface area contributed by atoms with Gasteiger partial charge >= 0.3 is 5.97 Å². The Morgan fingerprint density at radius 2 is 1.26 bits per heavy atom. The summed E-state index contributed by atoms with van der Waals surface area (Å²) in [6.07, 6.45) is 5.91. The van der Waals surface area contributed by atoms with Gasteiger partial charge in [-0.2, -0.15) is 11.8 Å². The van der Waals surface area contributed by atoms with Crippen LogP contribution in [-0.4, -0.2) is 78.1 Å². The fourth-order valence-corrected chi connectivity index (χ4v) is 3.81. The van der Waals surface area contributed by atoms with Gasteiger partial charge in [0.15, 0.2) is 0 Å². The molecule has 5 atom stereocenters. The summed E-state index contributed by atoms with van der Waals surface area (Å²) in [5.41, 5.74) is 17.1. The van der Waals surface area contributed by atoms with Crippen LogP contribution in [0.2, 0.25) is 0 Å². The zero-order chi connectivity index (χ0) is 26.8. The predicted molar refractivity (Wildman–Crippen MR) is 140 cm³/mol. The van der Waals surface area contributed by atoms with Gasteiger partial charge in [-0.1, -0.05) is 20.3 Å². The maximum absolute atomic E-state index is 13.1. The summed E-state index contributed by atoms with van der Waals surface area (Å²) in [7, 11) is 0. The van der Waals surface area contributed by atoms with Crippen molar-refractivity contribution in [2.45, 2.75) is 89.4 Å². The van der Waals surface area contributed by atoms with Crippen molar-refractivity contribution in [1.82, 2.24) is 16.0 Å². The quantitative estimate of drug-likeness (QED) is 0.107. The zero-order valence-corrected chi connectivity index (χ0v) is 22.2. The molecule has 0 radical (unpaired) electrons. The standard InChI is InChI=1S/C23H46N6O5S/c1-4-15(2)19(26)22(32)28-17(11-14-35-3)21(31)27-16(9-5-7-12-24)20(30)29-18(23(33)34)10-6-8-13-25/h15-19H,4-14,24-26H2,1-3H3,(H,27,31)(H,28,32)(H,29,30)(H,33,34). The summed E-state index contributed by atoms with van der Waals surface area (Å²) in [6.45, 7) is 4.66. The van der Waals surface area contributed by atoms with Crippen LogP contribution < -0.4 is 33.2 Å². The number of unbranched alkanes of at least 4 members (excludes halogenated alkanes) is 2. The van der Waals surface area contributed by atoms with Crippen LogP contribution in [0, 0.1) is 5.92 Å². The van der Waals surface area contributed by atoms with Gasteiger partial charge < -0.3 is 38.3 Å². The third kappa shape index (κ3) is 13.7. The molecule has 0 aromatic heterocycles. The number of nitrogens with two attached hydrogens (primary N) is 3. The number of rotatable bonds is 20. The van der Waals surface area contributed by atoms with E-state index in [1.54, 1.807) is 0 Å². The number of hydrogen-bond donors (Lipinski definition) is 7. The third-order valence-corrected chi connectivity index (χ3v) is 6.59. The molecule has 0 aliphatic heterocycles. The van der Waals surface area contributed by atoms with Crippen LogP contribution in [0.1, 0.15) is 65.2 Å². The number of amides is 3. The lowest BCUT2D eigenvalue weighted by Gasteiger charge is -2.26. The van der Waals surface area contributed by atoms with E-state index in [0.717, 1.165) is 6.42 Å². The molecule has 0 saturated heterocycles. The average Bonchev–Trinajstić information content (AvgIpc) is 2.83. The van der Waals surface area contributed by atoms with Crippen molar-refractivity contribution in [3.05, 3.63) is 0 Å². The van der Waals surface area contributed by atoms with Crippen LogP contribution in [-0.2, 0) is 19.2 Å². The Morgan fingerprint density at radius 1 is 0.800 bits per heavy atom. The summed E-state index contributed by atoms with van der Waals surface area (Å²) in [4.78, 5) is 50.3. The number of aliphatic carboxylic acids is 1. The fourth-order valence-electron chi connectivity index (χ4n) is 3.34. The van der Waals surface area contributed by atoms with Gasteiger partial charge in [-0.15, -0.1) is 0 Å². The van der Waals surface area contributed by atoms with Crippen molar-refractivity contribution in [1.29, 1.82) is 0 Å². The molecule has 0 aliphatic rings. The molecule has 11 nitrogen and oxygen atoms in total.